The van der Waals surface area contributed by atoms with E-state index in [1.54, 1.807) is 0 Å². The summed E-state index contributed by atoms with van der Waals surface area (Å²) >= 11 is 0. The van der Waals surface area contributed by atoms with Crippen LogP contribution in [0, 0.1) is 0 Å². The molecule has 0 bridgehead atoms. The Bertz CT molecular complexity index is 381. The largest absolute Gasteiger partial charge is 0.373 e. The Morgan fingerprint density at radius 2 is 1.62 bits per heavy atom. The summed E-state index contributed by atoms with van der Waals surface area (Å²) in [6, 6.07) is 9.35. The van der Waals surface area contributed by atoms with E-state index in [1.807, 2.05) is 0 Å². The summed E-state index contributed by atoms with van der Waals surface area (Å²) in [7, 11) is 0. The standard InChI is InChI=1S/C19H33NO/c1-6-11-16-12-14-17(15-13-16)18(20-9-4)19(7-2,8-3)21-10-5/h12-15,18,20H,6-11H2,1-5H3. The van der Waals surface area contributed by atoms with Crippen LogP contribution in [0.15, 0.2) is 24.3 Å². The number of rotatable bonds is 10. The number of aryl methyl sites for hydroxylation is 1. The van der Waals surface area contributed by atoms with Crippen molar-refractivity contribution in [1.29, 1.82) is 0 Å². The van der Waals surface area contributed by atoms with E-state index in [4.69, 9.17) is 4.74 Å². The molecule has 1 rings (SSSR count). The smallest absolute Gasteiger partial charge is 0.0870 e. The van der Waals surface area contributed by atoms with Crippen molar-refractivity contribution in [2.24, 2.45) is 0 Å². The molecule has 1 N–H and O–H groups in total. The minimum atomic E-state index is -0.114. The van der Waals surface area contributed by atoms with E-state index in [9.17, 15) is 0 Å². The van der Waals surface area contributed by atoms with Crippen LogP contribution in [0.4, 0.5) is 0 Å². The van der Waals surface area contributed by atoms with Crippen molar-refractivity contribution in [3.63, 3.8) is 0 Å². The van der Waals surface area contributed by atoms with Crippen LogP contribution in [-0.2, 0) is 11.2 Å². The van der Waals surface area contributed by atoms with Crippen LogP contribution in [0.5, 0.6) is 0 Å². The van der Waals surface area contributed by atoms with Gasteiger partial charge in [-0.1, -0.05) is 58.4 Å². The minimum Gasteiger partial charge on any atom is -0.373 e. The van der Waals surface area contributed by atoms with Crippen molar-refractivity contribution in [3.8, 4) is 0 Å². The summed E-state index contributed by atoms with van der Waals surface area (Å²) < 4.78 is 6.21. The Hall–Kier alpha value is -0.860. The summed E-state index contributed by atoms with van der Waals surface area (Å²) in [6.07, 6.45) is 4.39. The lowest BCUT2D eigenvalue weighted by atomic mass is 9.83. The molecule has 0 saturated carbocycles. The molecule has 0 aliphatic carbocycles. The number of likely N-dealkylation sites (N-methyl/N-ethyl adjacent to an activating group) is 1. The van der Waals surface area contributed by atoms with Crippen molar-refractivity contribution < 1.29 is 4.74 Å². The van der Waals surface area contributed by atoms with Gasteiger partial charge in [-0.05, 0) is 43.9 Å². The van der Waals surface area contributed by atoms with Gasteiger partial charge in [0, 0.05) is 6.61 Å². The molecule has 1 aromatic carbocycles. The number of hydrogen-bond donors (Lipinski definition) is 1. The Balaban J connectivity index is 3.08. The van der Waals surface area contributed by atoms with Crippen LogP contribution >= 0.6 is 0 Å². The van der Waals surface area contributed by atoms with Crippen LogP contribution in [-0.4, -0.2) is 18.8 Å². The summed E-state index contributed by atoms with van der Waals surface area (Å²) in [5.74, 6) is 0. The highest BCUT2D eigenvalue weighted by molar-refractivity contribution is 5.27. The third-order valence-electron chi connectivity index (χ3n) is 4.41. The van der Waals surface area contributed by atoms with Gasteiger partial charge in [0.25, 0.3) is 0 Å². The second kappa shape index (κ2) is 9.22. The van der Waals surface area contributed by atoms with Crippen molar-refractivity contribution in [3.05, 3.63) is 35.4 Å². The van der Waals surface area contributed by atoms with Crippen LogP contribution in [0.25, 0.3) is 0 Å². The van der Waals surface area contributed by atoms with E-state index in [2.05, 4.69) is 64.2 Å². The molecule has 0 radical (unpaired) electrons. The van der Waals surface area contributed by atoms with E-state index >= 15 is 0 Å². The summed E-state index contributed by atoms with van der Waals surface area (Å²) in [5, 5.41) is 3.65. The Morgan fingerprint density at radius 1 is 1.00 bits per heavy atom. The molecule has 1 unspecified atom stereocenters. The van der Waals surface area contributed by atoms with Gasteiger partial charge in [-0.2, -0.15) is 0 Å². The summed E-state index contributed by atoms with van der Waals surface area (Å²) in [5.41, 5.74) is 2.65. The average Bonchev–Trinajstić information content (AvgIpc) is 2.52. The summed E-state index contributed by atoms with van der Waals surface area (Å²) in [6.45, 7) is 12.7. The molecule has 0 aliphatic heterocycles. The van der Waals surface area contributed by atoms with E-state index in [0.29, 0.717) is 0 Å². The van der Waals surface area contributed by atoms with Gasteiger partial charge in [-0.3, -0.25) is 0 Å². The topological polar surface area (TPSA) is 21.3 Å². The second-order valence-corrected chi connectivity index (χ2v) is 5.69. The van der Waals surface area contributed by atoms with Crippen molar-refractivity contribution >= 4 is 0 Å². The van der Waals surface area contributed by atoms with Gasteiger partial charge in [0.2, 0.25) is 0 Å². The molecule has 2 heteroatoms. The molecule has 21 heavy (non-hydrogen) atoms. The van der Waals surface area contributed by atoms with Crippen LogP contribution in [0.1, 0.15) is 71.0 Å². The van der Waals surface area contributed by atoms with Crippen molar-refractivity contribution in [1.82, 2.24) is 5.32 Å². The van der Waals surface area contributed by atoms with E-state index in [0.717, 1.165) is 32.4 Å². The van der Waals surface area contributed by atoms with Crippen molar-refractivity contribution in [2.75, 3.05) is 13.2 Å². The number of ether oxygens (including phenoxy) is 1. The van der Waals surface area contributed by atoms with Gasteiger partial charge in [0.1, 0.15) is 0 Å². The zero-order valence-electron chi connectivity index (χ0n) is 14.5. The predicted molar refractivity (Wildman–Crippen MR) is 91.8 cm³/mol. The molecule has 1 aromatic rings. The van der Waals surface area contributed by atoms with Gasteiger partial charge < -0.3 is 10.1 Å². The maximum atomic E-state index is 6.21. The Morgan fingerprint density at radius 3 is 2.05 bits per heavy atom. The lowest BCUT2D eigenvalue weighted by molar-refractivity contribution is -0.0730. The van der Waals surface area contributed by atoms with Gasteiger partial charge >= 0.3 is 0 Å². The molecule has 0 amide bonds. The van der Waals surface area contributed by atoms with E-state index < -0.39 is 0 Å². The third-order valence-corrected chi connectivity index (χ3v) is 4.41. The number of benzene rings is 1. The van der Waals surface area contributed by atoms with Gasteiger partial charge in [0.15, 0.2) is 0 Å². The zero-order chi connectivity index (χ0) is 15.7. The van der Waals surface area contributed by atoms with E-state index in [1.165, 1.54) is 17.5 Å². The molecule has 1 atom stereocenters. The van der Waals surface area contributed by atoms with Gasteiger partial charge in [-0.25, -0.2) is 0 Å². The fraction of sp³-hybridized carbons (Fsp3) is 0.684. The lowest BCUT2D eigenvalue weighted by Gasteiger charge is -2.40. The molecule has 0 fully saturated rings. The molecule has 120 valence electrons. The van der Waals surface area contributed by atoms with Gasteiger partial charge in [0.05, 0.1) is 11.6 Å². The first-order valence-electron chi connectivity index (χ1n) is 8.63. The normalized spacial score (nSPS) is 13.4. The monoisotopic (exact) mass is 291 g/mol. The molecular formula is C19H33NO. The molecule has 0 heterocycles. The quantitative estimate of drug-likeness (QED) is 0.663. The zero-order valence-corrected chi connectivity index (χ0v) is 14.5. The molecule has 0 saturated heterocycles. The van der Waals surface area contributed by atoms with Crippen molar-refractivity contribution in [2.45, 2.75) is 71.9 Å². The molecule has 0 aromatic heterocycles. The highest BCUT2D eigenvalue weighted by atomic mass is 16.5. The fourth-order valence-electron chi connectivity index (χ4n) is 3.21. The van der Waals surface area contributed by atoms with Crippen LogP contribution in [0.3, 0.4) is 0 Å². The molecule has 0 aliphatic rings. The predicted octanol–water partition coefficient (Wildman–Crippen LogP) is 4.89. The van der Waals surface area contributed by atoms with E-state index in [-0.39, 0.29) is 11.6 Å². The number of nitrogens with one attached hydrogen (secondary N) is 1. The average molecular weight is 291 g/mol. The highest BCUT2D eigenvalue weighted by Gasteiger charge is 2.36. The first-order chi connectivity index (χ1) is 10.2. The maximum Gasteiger partial charge on any atom is 0.0870 e. The second-order valence-electron chi connectivity index (χ2n) is 5.69. The Kier molecular flexibility index (Phi) is 7.98. The lowest BCUT2D eigenvalue weighted by Crippen LogP contribution is -2.45. The number of hydrogen-bond acceptors (Lipinski definition) is 2. The first kappa shape index (κ1) is 18.2. The van der Waals surface area contributed by atoms with Crippen LogP contribution in [0.2, 0.25) is 0 Å². The van der Waals surface area contributed by atoms with Gasteiger partial charge in [-0.15, -0.1) is 0 Å². The fourth-order valence-corrected chi connectivity index (χ4v) is 3.21. The van der Waals surface area contributed by atoms with Crippen LogP contribution < -0.4 is 5.32 Å². The SMILES string of the molecule is CCCc1ccc(C(NCC)C(CC)(CC)OCC)cc1. The third kappa shape index (κ3) is 4.55. The maximum absolute atomic E-state index is 6.21. The first-order valence-corrected chi connectivity index (χ1v) is 8.63. The minimum absolute atomic E-state index is 0.114. The molecule has 0 spiro atoms. The molecule has 2 nitrogen and oxygen atoms in total. The Labute approximate surface area is 131 Å². The summed E-state index contributed by atoms with van der Waals surface area (Å²) in [4.78, 5) is 0. The molecular weight excluding hydrogens is 258 g/mol. The highest BCUT2D eigenvalue weighted by Crippen LogP contribution is 2.35.